The van der Waals surface area contributed by atoms with E-state index in [1.54, 1.807) is 0 Å². The average molecular weight is 245 g/mol. The monoisotopic (exact) mass is 245 g/mol. The predicted molar refractivity (Wildman–Crippen MR) is 81.0 cm³/mol. The van der Waals surface area contributed by atoms with Gasteiger partial charge in [0, 0.05) is 6.04 Å². The lowest BCUT2D eigenvalue weighted by atomic mass is 9.97. The Morgan fingerprint density at radius 1 is 1.22 bits per heavy atom. The molecule has 1 rings (SSSR count). The molecule has 1 atom stereocenters. The van der Waals surface area contributed by atoms with Gasteiger partial charge in [-0.3, -0.25) is 0 Å². The summed E-state index contributed by atoms with van der Waals surface area (Å²) in [5.41, 5.74) is 4.15. The van der Waals surface area contributed by atoms with Crippen LogP contribution in [0.3, 0.4) is 0 Å². The fourth-order valence-electron chi connectivity index (χ4n) is 2.38. The summed E-state index contributed by atoms with van der Waals surface area (Å²) in [6.45, 7) is 11.5. The maximum absolute atomic E-state index is 3.80. The van der Waals surface area contributed by atoms with Crippen LogP contribution in [-0.2, 0) is 0 Å². The highest BCUT2D eigenvalue weighted by atomic mass is 14.9. The predicted octanol–water partition coefficient (Wildman–Crippen LogP) is 4.70. The van der Waals surface area contributed by atoms with Crippen LogP contribution in [0.25, 0.3) is 0 Å². The minimum Gasteiger partial charge on any atom is -0.310 e. The fourth-order valence-corrected chi connectivity index (χ4v) is 2.38. The van der Waals surface area contributed by atoms with E-state index in [0.29, 0.717) is 6.04 Å². The van der Waals surface area contributed by atoms with Crippen molar-refractivity contribution in [2.75, 3.05) is 6.54 Å². The second kappa shape index (κ2) is 8.10. The van der Waals surface area contributed by atoms with E-state index in [1.165, 1.54) is 36.0 Å². The lowest BCUT2D eigenvalue weighted by molar-refractivity contribution is 0.486. The highest BCUT2D eigenvalue weighted by Gasteiger charge is 2.10. The molecule has 0 fully saturated rings. The van der Waals surface area contributed by atoms with Gasteiger partial charge in [0.25, 0.3) is 0 Å². The zero-order valence-corrected chi connectivity index (χ0v) is 12.1. The molecule has 0 bridgehead atoms. The van der Waals surface area contributed by atoms with E-state index in [4.69, 9.17) is 0 Å². The van der Waals surface area contributed by atoms with Crippen molar-refractivity contribution in [3.63, 3.8) is 0 Å². The van der Waals surface area contributed by atoms with Crippen molar-refractivity contribution in [1.29, 1.82) is 0 Å². The van der Waals surface area contributed by atoms with Crippen LogP contribution in [0.2, 0.25) is 0 Å². The first kappa shape index (κ1) is 15.0. The van der Waals surface area contributed by atoms with Gasteiger partial charge >= 0.3 is 0 Å². The first-order valence-electron chi connectivity index (χ1n) is 7.09. The number of rotatable bonds is 8. The lowest BCUT2D eigenvalue weighted by Crippen LogP contribution is -2.22. The Balaban J connectivity index is 2.75. The first-order chi connectivity index (χ1) is 8.67. The summed E-state index contributed by atoms with van der Waals surface area (Å²) >= 11 is 0. The molecule has 0 aromatic heterocycles. The van der Waals surface area contributed by atoms with E-state index in [9.17, 15) is 0 Å². The molecule has 18 heavy (non-hydrogen) atoms. The van der Waals surface area contributed by atoms with Crippen LogP contribution >= 0.6 is 0 Å². The van der Waals surface area contributed by atoms with Crippen LogP contribution in [-0.4, -0.2) is 6.54 Å². The molecule has 1 nitrogen and oxygen atoms in total. The molecule has 1 heteroatoms. The van der Waals surface area contributed by atoms with Crippen molar-refractivity contribution in [2.45, 2.75) is 52.5 Å². The second-order valence-electron chi connectivity index (χ2n) is 5.15. The van der Waals surface area contributed by atoms with Gasteiger partial charge in [0.05, 0.1) is 0 Å². The number of benzene rings is 1. The number of nitrogens with one attached hydrogen (secondary N) is 1. The molecule has 0 saturated heterocycles. The van der Waals surface area contributed by atoms with Crippen LogP contribution in [0.4, 0.5) is 0 Å². The van der Waals surface area contributed by atoms with E-state index in [-0.39, 0.29) is 0 Å². The highest BCUT2D eigenvalue weighted by molar-refractivity contribution is 5.30. The molecular formula is C17H27N. The van der Waals surface area contributed by atoms with Crippen molar-refractivity contribution in [1.82, 2.24) is 5.32 Å². The summed E-state index contributed by atoms with van der Waals surface area (Å²) in [5, 5.41) is 3.66. The zero-order chi connectivity index (χ0) is 13.4. The van der Waals surface area contributed by atoms with Crippen molar-refractivity contribution < 1.29 is 0 Å². The molecular weight excluding hydrogens is 218 g/mol. The summed E-state index contributed by atoms with van der Waals surface area (Å²) in [5.74, 6) is 0. The minimum absolute atomic E-state index is 0.489. The normalized spacial score (nSPS) is 12.4. The standard InChI is InChI=1S/C17H27N/c1-5-7-8-9-17(18-10-6-2)16-12-14(3)11-15(4)13-16/h5,11-13,17-18H,1,6-10H2,2-4H3. The molecule has 1 N–H and O–H groups in total. The number of aryl methyl sites for hydroxylation is 2. The van der Waals surface area contributed by atoms with E-state index in [1.807, 2.05) is 6.08 Å². The Kier molecular flexibility index (Phi) is 6.74. The van der Waals surface area contributed by atoms with E-state index in [0.717, 1.165) is 13.0 Å². The molecule has 0 saturated carbocycles. The first-order valence-corrected chi connectivity index (χ1v) is 7.09. The third-order valence-corrected chi connectivity index (χ3v) is 3.19. The Labute approximate surface area is 112 Å². The van der Waals surface area contributed by atoms with Crippen LogP contribution in [0.15, 0.2) is 30.9 Å². The SMILES string of the molecule is C=CCCCC(NCCC)c1cc(C)cc(C)c1. The highest BCUT2D eigenvalue weighted by Crippen LogP contribution is 2.22. The van der Waals surface area contributed by atoms with Gasteiger partial charge in [0.15, 0.2) is 0 Å². The van der Waals surface area contributed by atoms with Crippen LogP contribution < -0.4 is 5.32 Å². The Morgan fingerprint density at radius 2 is 1.89 bits per heavy atom. The molecule has 1 aromatic carbocycles. The summed E-state index contributed by atoms with van der Waals surface area (Å²) in [4.78, 5) is 0. The maximum atomic E-state index is 3.80. The summed E-state index contributed by atoms with van der Waals surface area (Å²) in [6, 6.07) is 7.36. The third kappa shape index (κ3) is 5.05. The zero-order valence-electron chi connectivity index (χ0n) is 12.1. The van der Waals surface area contributed by atoms with Gasteiger partial charge in [-0.25, -0.2) is 0 Å². The van der Waals surface area contributed by atoms with Crippen molar-refractivity contribution in [2.24, 2.45) is 0 Å². The molecule has 0 aliphatic rings. The van der Waals surface area contributed by atoms with Gasteiger partial charge in [-0.2, -0.15) is 0 Å². The summed E-state index contributed by atoms with van der Waals surface area (Å²) in [6.07, 6.45) is 6.70. The second-order valence-corrected chi connectivity index (χ2v) is 5.15. The van der Waals surface area contributed by atoms with Crippen molar-refractivity contribution in [3.8, 4) is 0 Å². The van der Waals surface area contributed by atoms with Crippen LogP contribution in [0, 0.1) is 13.8 Å². The Hall–Kier alpha value is -1.08. The summed E-state index contributed by atoms with van der Waals surface area (Å²) in [7, 11) is 0. The van der Waals surface area contributed by atoms with Crippen LogP contribution in [0.1, 0.15) is 55.3 Å². The third-order valence-electron chi connectivity index (χ3n) is 3.19. The molecule has 0 aliphatic heterocycles. The molecule has 1 unspecified atom stereocenters. The smallest absolute Gasteiger partial charge is 0.0320 e. The molecule has 0 spiro atoms. The number of allylic oxidation sites excluding steroid dienone is 1. The van der Waals surface area contributed by atoms with E-state index in [2.05, 4.69) is 50.9 Å². The lowest BCUT2D eigenvalue weighted by Gasteiger charge is -2.20. The maximum Gasteiger partial charge on any atom is 0.0320 e. The molecule has 0 heterocycles. The summed E-state index contributed by atoms with van der Waals surface area (Å²) < 4.78 is 0. The van der Waals surface area contributed by atoms with Crippen molar-refractivity contribution in [3.05, 3.63) is 47.5 Å². The Morgan fingerprint density at radius 3 is 2.44 bits per heavy atom. The van der Waals surface area contributed by atoms with E-state index < -0.39 is 0 Å². The fraction of sp³-hybridized carbons (Fsp3) is 0.529. The van der Waals surface area contributed by atoms with Gasteiger partial charge in [-0.15, -0.1) is 6.58 Å². The topological polar surface area (TPSA) is 12.0 Å². The molecule has 0 aliphatic carbocycles. The van der Waals surface area contributed by atoms with Crippen LogP contribution in [0.5, 0.6) is 0 Å². The number of hydrogen-bond donors (Lipinski definition) is 1. The Bertz CT molecular complexity index is 348. The molecule has 1 aromatic rings. The van der Waals surface area contributed by atoms with Gasteiger partial charge in [-0.05, 0) is 51.6 Å². The molecule has 0 radical (unpaired) electrons. The van der Waals surface area contributed by atoms with E-state index >= 15 is 0 Å². The minimum atomic E-state index is 0.489. The van der Waals surface area contributed by atoms with Gasteiger partial charge in [0.1, 0.15) is 0 Å². The largest absolute Gasteiger partial charge is 0.310 e. The van der Waals surface area contributed by atoms with Crippen molar-refractivity contribution >= 4 is 0 Å². The molecule has 0 amide bonds. The number of hydrogen-bond acceptors (Lipinski definition) is 1. The number of unbranched alkanes of at least 4 members (excludes halogenated alkanes) is 1. The quantitative estimate of drug-likeness (QED) is 0.517. The van der Waals surface area contributed by atoms with Gasteiger partial charge < -0.3 is 5.32 Å². The average Bonchev–Trinajstić information content (AvgIpc) is 2.32. The van der Waals surface area contributed by atoms with Gasteiger partial charge in [0.2, 0.25) is 0 Å². The van der Waals surface area contributed by atoms with Gasteiger partial charge in [-0.1, -0.05) is 42.3 Å². The molecule has 100 valence electrons.